The number of halogens is 3. The molecule has 0 aliphatic heterocycles. The van der Waals surface area contributed by atoms with Crippen molar-refractivity contribution in [3.05, 3.63) is 29.8 Å². The molecule has 10 heteroatoms. The fraction of sp³-hybridized carbons (Fsp3) is 0.357. The molecule has 7 nitrogen and oxygen atoms in total. The molecule has 5 N–H and O–H groups in total. The van der Waals surface area contributed by atoms with E-state index in [2.05, 4.69) is 10.6 Å². The monoisotopic (exact) mass is 347 g/mol. The van der Waals surface area contributed by atoms with Crippen LogP contribution in [0.2, 0.25) is 0 Å². The fourth-order valence-corrected chi connectivity index (χ4v) is 1.80. The Balaban J connectivity index is 2.71. The summed E-state index contributed by atoms with van der Waals surface area (Å²) in [7, 11) is 0. The quantitative estimate of drug-likeness (QED) is 0.602. The van der Waals surface area contributed by atoms with Crippen molar-refractivity contribution in [2.24, 2.45) is 5.73 Å². The number of rotatable bonds is 6. The molecule has 0 saturated heterocycles. The predicted molar refractivity (Wildman–Crippen MR) is 77.5 cm³/mol. The van der Waals surface area contributed by atoms with E-state index in [9.17, 15) is 27.6 Å². The Morgan fingerprint density at radius 1 is 1.21 bits per heavy atom. The summed E-state index contributed by atoms with van der Waals surface area (Å²) in [6.45, 7) is 1.15. The molecule has 24 heavy (non-hydrogen) atoms. The number of aliphatic hydroxyl groups excluding tert-OH is 1. The van der Waals surface area contributed by atoms with Gasteiger partial charge in [-0.25, -0.2) is 0 Å². The number of carbonyl (C=O) groups excluding carboxylic acids is 3. The number of primary amides is 1. The maximum atomic E-state index is 12.4. The minimum absolute atomic E-state index is 0.157. The van der Waals surface area contributed by atoms with Crippen LogP contribution in [0.25, 0.3) is 0 Å². The van der Waals surface area contributed by atoms with Crippen molar-refractivity contribution in [3.63, 3.8) is 0 Å². The third-order valence-corrected chi connectivity index (χ3v) is 2.93. The maximum Gasteiger partial charge on any atom is 0.418 e. The lowest BCUT2D eigenvalue weighted by Gasteiger charge is -2.16. The van der Waals surface area contributed by atoms with Gasteiger partial charge in [0.1, 0.15) is 6.04 Å². The van der Waals surface area contributed by atoms with E-state index in [1.807, 2.05) is 0 Å². The van der Waals surface area contributed by atoms with Gasteiger partial charge in [-0.1, -0.05) is 12.1 Å². The van der Waals surface area contributed by atoms with E-state index >= 15 is 0 Å². The summed E-state index contributed by atoms with van der Waals surface area (Å²) in [6.07, 6.45) is -7.85. The number of hydrogen-bond acceptors (Lipinski definition) is 4. The molecular formula is C14H16F3N3O4. The van der Waals surface area contributed by atoms with Crippen molar-refractivity contribution >= 4 is 23.4 Å². The number of nitrogens with two attached hydrogens (primary N) is 1. The number of benzene rings is 1. The molecule has 1 unspecified atom stereocenters. The molecule has 0 aliphatic rings. The van der Waals surface area contributed by atoms with Crippen molar-refractivity contribution in [2.75, 3.05) is 5.32 Å². The normalized spacial score (nSPS) is 13.7. The highest BCUT2D eigenvalue weighted by atomic mass is 19.4. The molecule has 0 fully saturated rings. The second-order valence-electron chi connectivity index (χ2n) is 4.97. The SMILES string of the molecule is CC(=O)N[C@@H](CC(=O)Nc1ccc(C(O)C(F)(F)F)cc1)C(N)=O. The van der Waals surface area contributed by atoms with Crippen LogP contribution < -0.4 is 16.4 Å². The zero-order chi connectivity index (χ0) is 18.5. The third kappa shape index (κ3) is 5.88. The second kappa shape index (κ2) is 7.77. The van der Waals surface area contributed by atoms with Crippen molar-refractivity contribution in [1.29, 1.82) is 0 Å². The Hall–Kier alpha value is -2.62. The lowest BCUT2D eigenvalue weighted by molar-refractivity contribution is -0.206. The summed E-state index contributed by atoms with van der Waals surface area (Å²) in [5.41, 5.74) is 4.83. The van der Waals surface area contributed by atoms with E-state index in [1.165, 1.54) is 12.1 Å². The van der Waals surface area contributed by atoms with Gasteiger partial charge in [0, 0.05) is 12.6 Å². The van der Waals surface area contributed by atoms with Gasteiger partial charge in [-0.3, -0.25) is 14.4 Å². The van der Waals surface area contributed by atoms with E-state index in [4.69, 9.17) is 10.8 Å². The zero-order valence-electron chi connectivity index (χ0n) is 12.6. The molecule has 1 aromatic carbocycles. The Morgan fingerprint density at radius 2 is 1.75 bits per heavy atom. The Bertz CT molecular complexity index is 617. The number of nitrogens with one attached hydrogen (secondary N) is 2. The standard InChI is InChI=1S/C14H16F3N3O4/c1-7(21)19-10(13(18)24)6-11(22)20-9-4-2-8(3-5-9)12(23)14(15,16)17/h2-5,10,12,23H,6H2,1H3,(H2,18,24)(H,19,21)(H,20,22)/t10-,12?/m0/s1. The first kappa shape index (κ1) is 19.4. The third-order valence-electron chi connectivity index (χ3n) is 2.93. The summed E-state index contributed by atoms with van der Waals surface area (Å²) in [6, 6.07) is 3.15. The number of amides is 3. The van der Waals surface area contributed by atoms with E-state index in [0.717, 1.165) is 19.1 Å². The highest BCUT2D eigenvalue weighted by Crippen LogP contribution is 2.32. The molecule has 1 rings (SSSR count). The van der Waals surface area contributed by atoms with Crippen LogP contribution in [0.3, 0.4) is 0 Å². The first-order valence-electron chi connectivity index (χ1n) is 6.71. The highest BCUT2D eigenvalue weighted by molar-refractivity contribution is 5.96. The molecule has 0 saturated carbocycles. The maximum absolute atomic E-state index is 12.4. The first-order chi connectivity index (χ1) is 11.0. The number of carbonyl (C=O) groups is 3. The van der Waals surface area contributed by atoms with E-state index in [-0.39, 0.29) is 11.3 Å². The summed E-state index contributed by atoms with van der Waals surface area (Å²) < 4.78 is 37.1. The summed E-state index contributed by atoms with van der Waals surface area (Å²) in [5.74, 6) is -2.11. The molecule has 0 radical (unpaired) electrons. The topological polar surface area (TPSA) is 122 Å². The van der Waals surface area contributed by atoms with Crippen LogP contribution in [0, 0.1) is 0 Å². The summed E-state index contributed by atoms with van der Waals surface area (Å²) in [5, 5.41) is 13.6. The van der Waals surface area contributed by atoms with Gasteiger partial charge in [0.2, 0.25) is 17.7 Å². The van der Waals surface area contributed by atoms with Crippen molar-refractivity contribution < 1.29 is 32.7 Å². The van der Waals surface area contributed by atoms with Crippen LogP contribution in [0.15, 0.2) is 24.3 Å². The van der Waals surface area contributed by atoms with Crippen molar-refractivity contribution in [1.82, 2.24) is 5.32 Å². The minimum atomic E-state index is -4.79. The molecule has 1 aromatic rings. The van der Waals surface area contributed by atoms with Crippen LogP contribution in [0.5, 0.6) is 0 Å². The predicted octanol–water partition coefficient (Wildman–Crippen LogP) is 0.601. The van der Waals surface area contributed by atoms with Crippen LogP contribution >= 0.6 is 0 Å². The molecule has 0 aliphatic carbocycles. The zero-order valence-corrected chi connectivity index (χ0v) is 12.6. The largest absolute Gasteiger partial charge is 0.418 e. The molecule has 0 bridgehead atoms. The van der Waals surface area contributed by atoms with Gasteiger partial charge in [0.05, 0.1) is 6.42 Å². The van der Waals surface area contributed by atoms with Crippen LogP contribution in [0.4, 0.5) is 18.9 Å². The van der Waals surface area contributed by atoms with Gasteiger partial charge in [0.15, 0.2) is 6.10 Å². The Labute approximate surface area is 135 Å². The number of alkyl halides is 3. The van der Waals surface area contributed by atoms with E-state index < -0.39 is 42.5 Å². The van der Waals surface area contributed by atoms with Gasteiger partial charge in [-0.2, -0.15) is 13.2 Å². The number of hydrogen-bond donors (Lipinski definition) is 4. The minimum Gasteiger partial charge on any atom is -0.379 e. The molecule has 132 valence electrons. The fourth-order valence-electron chi connectivity index (χ4n) is 1.80. The lowest BCUT2D eigenvalue weighted by Crippen LogP contribution is -2.45. The van der Waals surface area contributed by atoms with Gasteiger partial charge in [0.25, 0.3) is 0 Å². The Morgan fingerprint density at radius 3 is 2.17 bits per heavy atom. The number of anilines is 1. The van der Waals surface area contributed by atoms with E-state index in [0.29, 0.717) is 0 Å². The molecular weight excluding hydrogens is 331 g/mol. The van der Waals surface area contributed by atoms with Crippen molar-refractivity contribution in [2.45, 2.75) is 31.7 Å². The summed E-state index contributed by atoms with van der Waals surface area (Å²) in [4.78, 5) is 33.8. The van der Waals surface area contributed by atoms with Crippen LogP contribution in [-0.2, 0) is 14.4 Å². The molecule has 0 heterocycles. The smallest absolute Gasteiger partial charge is 0.379 e. The van der Waals surface area contributed by atoms with Gasteiger partial charge in [-0.15, -0.1) is 0 Å². The van der Waals surface area contributed by atoms with Crippen LogP contribution in [0.1, 0.15) is 25.0 Å². The van der Waals surface area contributed by atoms with Gasteiger partial charge in [-0.05, 0) is 17.7 Å². The first-order valence-corrected chi connectivity index (χ1v) is 6.71. The number of aliphatic hydroxyl groups is 1. The van der Waals surface area contributed by atoms with E-state index in [1.54, 1.807) is 0 Å². The molecule has 0 spiro atoms. The summed E-state index contributed by atoms with van der Waals surface area (Å²) >= 11 is 0. The average Bonchev–Trinajstić information content (AvgIpc) is 2.45. The molecule has 2 atom stereocenters. The highest BCUT2D eigenvalue weighted by Gasteiger charge is 2.39. The average molecular weight is 347 g/mol. The molecule has 0 aromatic heterocycles. The lowest BCUT2D eigenvalue weighted by atomic mass is 10.1. The Kier molecular flexibility index (Phi) is 6.29. The van der Waals surface area contributed by atoms with Crippen LogP contribution in [-0.4, -0.2) is 35.0 Å². The van der Waals surface area contributed by atoms with Gasteiger partial charge >= 0.3 is 6.18 Å². The van der Waals surface area contributed by atoms with Gasteiger partial charge < -0.3 is 21.5 Å². The van der Waals surface area contributed by atoms with Crippen molar-refractivity contribution in [3.8, 4) is 0 Å². The second-order valence-corrected chi connectivity index (χ2v) is 4.97. The molecule has 3 amide bonds.